The molecule has 1 rings (SSSR count). The Hall–Kier alpha value is -0.900. The lowest BCUT2D eigenvalue weighted by molar-refractivity contribution is -0.0507. The summed E-state index contributed by atoms with van der Waals surface area (Å²) in [5.74, 6) is 0.717. The summed E-state index contributed by atoms with van der Waals surface area (Å²) in [5.41, 5.74) is 3.73. The van der Waals surface area contributed by atoms with E-state index < -0.39 is 6.61 Å². The largest absolute Gasteiger partial charge is 0.434 e. The van der Waals surface area contributed by atoms with Crippen LogP contribution in [0, 0.1) is 19.8 Å². The molecule has 0 N–H and O–H groups in total. The monoisotopic (exact) mass is 332 g/mol. The smallest absolute Gasteiger partial charge is 0.387 e. The highest BCUT2D eigenvalue weighted by Gasteiger charge is 2.11. The average molecular weight is 333 g/mol. The van der Waals surface area contributed by atoms with Gasteiger partial charge in [-0.15, -0.1) is 0 Å². The molecule has 0 unspecified atom stereocenters. The topological polar surface area (TPSA) is 9.23 Å². The van der Waals surface area contributed by atoms with E-state index in [2.05, 4.69) is 40.6 Å². The standard InChI is InChI=1S/C15H19BrF2O/c1-9(2)13(8-16)7-12-5-10(3)14(11(4)6-12)19-15(17)18/h5-7,9,15H,8H2,1-4H3/b13-7-. The molecule has 0 bridgehead atoms. The molecule has 0 radical (unpaired) electrons. The maximum Gasteiger partial charge on any atom is 0.387 e. The van der Waals surface area contributed by atoms with Gasteiger partial charge in [-0.05, 0) is 48.6 Å². The van der Waals surface area contributed by atoms with Crippen LogP contribution in [0.3, 0.4) is 0 Å². The number of halogens is 3. The molecule has 0 heterocycles. The van der Waals surface area contributed by atoms with Crippen molar-refractivity contribution in [2.45, 2.75) is 34.3 Å². The maximum atomic E-state index is 12.3. The summed E-state index contributed by atoms with van der Waals surface area (Å²) in [4.78, 5) is 0. The van der Waals surface area contributed by atoms with E-state index in [1.165, 1.54) is 5.57 Å². The quantitative estimate of drug-likeness (QED) is 0.661. The fourth-order valence-corrected chi connectivity index (χ4v) is 2.73. The van der Waals surface area contributed by atoms with Crippen LogP contribution in [-0.4, -0.2) is 11.9 Å². The molecule has 0 atom stereocenters. The highest BCUT2D eigenvalue weighted by atomic mass is 79.9. The lowest BCUT2D eigenvalue weighted by Crippen LogP contribution is -2.05. The Morgan fingerprint density at radius 2 is 1.79 bits per heavy atom. The summed E-state index contributed by atoms with van der Waals surface area (Å²) in [5, 5.41) is 0.804. The van der Waals surface area contributed by atoms with Gasteiger partial charge in [0.05, 0.1) is 0 Å². The third-order valence-electron chi connectivity index (χ3n) is 2.94. The molecule has 0 fully saturated rings. The molecule has 4 heteroatoms. The van der Waals surface area contributed by atoms with Crippen molar-refractivity contribution >= 4 is 22.0 Å². The first-order valence-electron chi connectivity index (χ1n) is 6.17. The predicted octanol–water partition coefficient (Wildman–Crippen LogP) is 5.34. The maximum absolute atomic E-state index is 12.3. The number of ether oxygens (including phenoxy) is 1. The number of aryl methyl sites for hydroxylation is 2. The van der Waals surface area contributed by atoms with Crippen molar-refractivity contribution in [3.63, 3.8) is 0 Å². The first-order valence-corrected chi connectivity index (χ1v) is 7.29. The van der Waals surface area contributed by atoms with Crippen molar-refractivity contribution in [3.8, 4) is 5.75 Å². The molecule has 1 aromatic rings. The third-order valence-corrected chi connectivity index (χ3v) is 3.59. The lowest BCUT2D eigenvalue weighted by Gasteiger charge is -2.13. The molecule has 1 aromatic carbocycles. The first kappa shape index (κ1) is 16.2. The molecule has 0 aromatic heterocycles. The van der Waals surface area contributed by atoms with Crippen LogP contribution >= 0.6 is 15.9 Å². The molecular weight excluding hydrogens is 314 g/mol. The SMILES string of the molecule is Cc1cc(/C=C(/CBr)C(C)C)cc(C)c1OC(F)F. The number of allylic oxidation sites excluding steroid dienone is 1. The van der Waals surface area contributed by atoms with Gasteiger partial charge in [-0.2, -0.15) is 8.78 Å². The second kappa shape index (κ2) is 7.04. The Morgan fingerprint density at radius 3 is 2.16 bits per heavy atom. The zero-order valence-corrected chi connectivity index (χ0v) is 13.2. The molecule has 0 amide bonds. The summed E-state index contributed by atoms with van der Waals surface area (Å²) in [7, 11) is 0. The van der Waals surface area contributed by atoms with Crippen molar-refractivity contribution in [1.29, 1.82) is 0 Å². The summed E-state index contributed by atoms with van der Waals surface area (Å²) in [6.45, 7) is 5.03. The lowest BCUT2D eigenvalue weighted by atomic mass is 9.99. The van der Waals surface area contributed by atoms with Gasteiger partial charge in [-0.25, -0.2) is 0 Å². The number of hydrogen-bond acceptors (Lipinski definition) is 1. The van der Waals surface area contributed by atoms with Crippen LogP contribution in [0.15, 0.2) is 17.7 Å². The summed E-state index contributed by atoms with van der Waals surface area (Å²) >= 11 is 3.47. The predicted molar refractivity (Wildman–Crippen MR) is 79.2 cm³/mol. The second-order valence-corrected chi connectivity index (χ2v) is 5.43. The summed E-state index contributed by atoms with van der Waals surface area (Å²) < 4.78 is 29.2. The Morgan fingerprint density at radius 1 is 1.26 bits per heavy atom. The van der Waals surface area contributed by atoms with Crippen molar-refractivity contribution in [1.82, 2.24) is 0 Å². The third kappa shape index (κ3) is 4.60. The number of benzene rings is 1. The van der Waals surface area contributed by atoms with E-state index in [-0.39, 0.29) is 5.75 Å². The van der Waals surface area contributed by atoms with E-state index in [9.17, 15) is 8.78 Å². The van der Waals surface area contributed by atoms with E-state index >= 15 is 0 Å². The summed E-state index contributed by atoms with van der Waals surface area (Å²) in [6.07, 6.45) is 2.09. The number of rotatable bonds is 5. The van der Waals surface area contributed by atoms with Crippen molar-refractivity contribution in [2.75, 3.05) is 5.33 Å². The molecule has 0 aliphatic heterocycles. The Balaban J connectivity index is 3.14. The van der Waals surface area contributed by atoms with Crippen LogP contribution < -0.4 is 4.74 Å². The van der Waals surface area contributed by atoms with Crippen LogP contribution in [0.4, 0.5) is 8.78 Å². The van der Waals surface area contributed by atoms with E-state index in [0.717, 1.165) is 22.0 Å². The van der Waals surface area contributed by atoms with Crippen LogP contribution in [0.25, 0.3) is 6.08 Å². The number of hydrogen-bond donors (Lipinski definition) is 0. The van der Waals surface area contributed by atoms with Crippen LogP contribution in [0.5, 0.6) is 5.75 Å². The van der Waals surface area contributed by atoms with Crippen molar-refractivity contribution < 1.29 is 13.5 Å². The molecule has 0 saturated heterocycles. The minimum absolute atomic E-state index is 0.275. The molecule has 1 nitrogen and oxygen atoms in total. The number of alkyl halides is 3. The van der Waals surface area contributed by atoms with Crippen molar-refractivity contribution in [3.05, 3.63) is 34.4 Å². The molecule has 19 heavy (non-hydrogen) atoms. The van der Waals surface area contributed by atoms with Crippen molar-refractivity contribution in [2.24, 2.45) is 5.92 Å². The van der Waals surface area contributed by atoms with Gasteiger partial charge in [-0.3, -0.25) is 0 Å². The highest BCUT2D eigenvalue weighted by Crippen LogP contribution is 2.28. The Labute approximate surface area is 121 Å². The molecule has 0 aliphatic carbocycles. The Bertz CT molecular complexity index is 444. The van der Waals surface area contributed by atoms with Gasteiger partial charge in [0.1, 0.15) is 5.75 Å². The Kier molecular flexibility index (Phi) is 5.98. The van der Waals surface area contributed by atoms with Gasteiger partial charge in [0.2, 0.25) is 0 Å². The van der Waals surface area contributed by atoms with Crippen LogP contribution in [0.2, 0.25) is 0 Å². The van der Waals surface area contributed by atoms with Gasteiger partial charge in [0, 0.05) is 5.33 Å². The van der Waals surface area contributed by atoms with Gasteiger partial charge in [-0.1, -0.05) is 41.4 Å². The van der Waals surface area contributed by atoms with E-state index in [1.54, 1.807) is 13.8 Å². The molecule has 0 spiro atoms. The minimum Gasteiger partial charge on any atom is -0.434 e. The van der Waals surface area contributed by atoms with Crippen LogP contribution in [-0.2, 0) is 0 Å². The zero-order valence-electron chi connectivity index (χ0n) is 11.6. The normalized spacial score (nSPS) is 12.4. The highest BCUT2D eigenvalue weighted by molar-refractivity contribution is 9.09. The molecular formula is C15H19BrF2O. The zero-order chi connectivity index (χ0) is 14.6. The van der Waals surface area contributed by atoms with E-state index in [4.69, 9.17) is 0 Å². The van der Waals surface area contributed by atoms with Gasteiger partial charge < -0.3 is 4.74 Å². The first-order chi connectivity index (χ1) is 8.85. The van der Waals surface area contributed by atoms with Gasteiger partial charge >= 0.3 is 6.61 Å². The minimum atomic E-state index is -2.78. The fraction of sp³-hybridized carbons (Fsp3) is 0.467. The average Bonchev–Trinajstić information content (AvgIpc) is 2.30. The van der Waals surface area contributed by atoms with E-state index in [0.29, 0.717) is 5.92 Å². The molecule has 106 valence electrons. The van der Waals surface area contributed by atoms with Gasteiger partial charge in [0.25, 0.3) is 0 Å². The molecule has 0 aliphatic rings. The van der Waals surface area contributed by atoms with E-state index in [1.807, 2.05) is 12.1 Å². The summed E-state index contributed by atoms with van der Waals surface area (Å²) in [6, 6.07) is 3.74. The fourth-order valence-electron chi connectivity index (χ4n) is 1.92. The van der Waals surface area contributed by atoms with Gasteiger partial charge in [0.15, 0.2) is 0 Å². The molecule has 0 saturated carbocycles. The van der Waals surface area contributed by atoms with Crippen LogP contribution in [0.1, 0.15) is 30.5 Å². The second-order valence-electron chi connectivity index (χ2n) is 4.87.